The molecule has 15 heavy (non-hydrogen) atoms. The highest BCUT2D eigenvalue weighted by atomic mass is 19.4. The van der Waals surface area contributed by atoms with Gasteiger partial charge in [-0.15, -0.1) is 0 Å². The summed E-state index contributed by atoms with van der Waals surface area (Å²) in [5.41, 5.74) is 0.0986. The molecule has 0 bridgehead atoms. The van der Waals surface area contributed by atoms with Crippen molar-refractivity contribution >= 4 is 5.82 Å². The predicted octanol–water partition coefficient (Wildman–Crippen LogP) is 1.95. The molecule has 0 aliphatic heterocycles. The van der Waals surface area contributed by atoms with Crippen LogP contribution in [0.25, 0.3) is 0 Å². The zero-order valence-corrected chi connectivity index (χ0v) is 7.91. The third kappa shape index (κ3) is 3.46. The maximum Gasteiger partial charge on any atom is 0.405 e. The standard InChI is InChI=1S/C9H8F3N3/c1-15(6-9(10,11)12)8-4-2-3-7(5-13)14-8/h2-4H,6H2,1H3. The predicted molar refractivity (Wildman–Crippen MR) is 48.3 cm³/mol. The highest BCUT2D eigenvalue weighted by Gasteiger charge is 2.29. The van der Waals surface area contributed by atoms with E-state index >= 15 is 0 Å². The summed E-state index contributed by atoms with van der Waals surface area (Å²) in [7, 11) is 1.27. The number of pyridine rings is 1. The number of nitrogens with zero attached hydrogens (tertiary/aromatic N) is 3. The Morgan fingerprint density at radius 2 is 2.13 bits per heavy atom. The Bertz CT molecular complexity index is 381. The van der Waals surface area contributed by atoms with Gasteiger partial charge >= 0.3 is 6.18 Å². The van der Waals surface area contributed by atoms with Gasteiger partial charge < -0.3 is 4.90 Å². The molecule has 0 amide bonds. The summed E-state index contributed by atoms with van der Waals surface area (Å²) in [6, 6.07) is 6.12. The van der Waals surface area contributed by atoms with Gasteiger partial charge in [-0.3, -0.25) is 0 Å². The number of nitriles is 1. The van der Waals surface area contributed by atoms with Crippen molar-refractivity contribution in [2.24, 2.45) is 0 Å². The second kappa shape index (κ2) is 4.17. The number of aromatic nitrogens is 1. The Labute approximate surface area is 84.8 Å². The average molecular weight is 215 g/mol. The topological polar surface area (TPSA) is 39.9 Å². The van der Waals surface area contributed by atoms with Crippen LogP contribution in [0.15, 0.2) is 18.2 Å². The zero-order chi connectivity index (χ0) is 11.5. The van der Waals surface area contributed by atoms with Gasteiger partial charge in [0, 0.05) is 7.05 Å². The Morgan fingerprint density at radius 3 is 2.67 bits per heavy atom. The molecule has 0 atom stereocenters. The normalized spacial score (nSPS) is 10.9. The molecule has 0 spiro atoms. The maximum absolute atomic E-state index is 12.0. The SMILES string of the molecule is CN(CC(F)(F)F)c1cccc(C#N)n1. The lowest BCUT2D eigenvalue weighted by atomic mass is 10.3. The third-order valence-electron chi connectivity index (χ3n) is 1.66. The van der Waals surface area contributed by atoms with E-state index in [1.54, 1.807) is 6.07 Å². The zero-order valence-electron chi connectivity index (χ0n) is 7.91. The monoisotopic (exact) mass is 215 g/mol. The fourth-order valence-corrected chi connectivity index (χ4v) is 1.05. The highest BCUT2D eigenvalue weighted by molar-refractivity contribution is 5.40. The van der Waals surface area contributed by atoms with E-state index in [4.69, 9.17) is 5.26 Å². The molecule has 6 heteroatoms. The summed E-state index contributed by atoms with van der Waals surface area (Å²) < 4.78 is 36.1. The lowest BCUT2D eigenvalue weighted by molar-refractivity contribution is -0.119. The number of alkyl halides is 3. The van der Waals surface area contributed by atoms with Gasteiger partial charge in [0.05, 0.1) is 0 Å². The van der Waals surface area contributed by atoms with Crippen molar-refractivity contribution in [2.75, 3.05) is 18.5 Å². The van der Waals surface area contributed by atoms with Gasteiger partial charge in [-0.2, -0.15) is 18.4 Å². The second-order valence-corrected chi connectivity index (χ2v) is 2.96. The minimum absolute atomic E-state index is 0.0986. The van der Waals surface area contributed by atoms with Crippen LogP contribution in [0.2, 0.25) is 0 Å². The molecule has 1 rings (SSSR count). The molecule has 0 fully saturated rings. The molecule has 0 aliphatic carbocycles. The number of rotatable bonds is 2. The lowest BCUT2D eigenvalue weighted by Gasteiger charge is -2.19. The molecule has 1 heterocycles. The molecule has 0 saturated heterocycles. The van der Waals surface area contributed by atoms with Crippen LogP contribution in [0, 0.1) is 11.3 Å². The van der Waals surface area contributed by atoms with Crippen LogP contribution in [0.1, 0.15) is 5.69 Å². The van der Waals surface area contributed by atoms with Crippen LogP contribution < -0.4 is 4.90 Å². The van der Waals surface area contributed by atoms with Gasteiger partial charge in [0.25, 0.3) is 0 Å². The quantitative estimate of drug-likeness (QED) is 0.757. The molecule has 0 saturated carbocycles. The van der Waals surface area contributed by atoms with E-state index in [0.717, 1.165) is 4.90 Å². The first-order chi connectivity index (χ1) is 6.92. The van der Waals surface area contributed by atoms with Gasteiger partial charge in [0.1, 0.15) is 24.1 Å². The fraction of sp³-hybridized carbons (Fsp3) is 0.333. The molecule has 0 unspecified atom stereocenters. The molecule has 3 nitrogen and oxygen atoms in total. The summed E-state index contributed by atoms with van der Waals surface area (Å²) in [6.45, 7) is -1.09. The van der Waals surface area contributed by atoms with Crippen LogP contribution >= 0.6 is 0 Å². The third-order valence-corrected chi connectivity index (χ3v) is 1.66. The number of hydrogen-bond acceptors (Lipinski definition) is 3. The molecular formula is C9H8F3N3. The Morgan fingerprint density at radius 1 is 1.47 bits per heavy atom. The van der Waals surface area contributed by atoms with Crippen molar-refractivity contribution in [3.8, 4) is 6.07 Å². The molecule has 1 aromatic heterocycles. The van der Waals surface area contributed by atoms with Gasteiger partial charge in [-0.1, -0.05) is 6.07 Å². The van der Waals surface area contributed by atoms with Gasteiger partial charge in [0.2, 0.25) is 0 Å². The van der Waals surface area contributed by atoms with E-state index in [2.05, 4.69) is 4.98 Å². The van der Waals surface area contributed by atoms with E-state index in [1.807, 2.05) is 0 Å². The summed E-state index contributed by atoms with van der Waals surface area (Å²) in [6.07, 6.45) is -4.28. The first kappa shape index (κ1) is 11.3. The Balaban J connectivity index is 2.83. The van der Waals surface area contributed by atoms with Gasteiger partial charge in [0.15, 0.2) is 0 Å². The smallest absolute Gasteiger partial charge is 0.351 e. The van der Waals surface area contributed by atoms with E-state index in [1.165, 1.54) is 25.2 Å². The van der Waals surface area contributed by atoms with Crippen LogP contribution in [-0.2, 0) is 0 Å². The molecule has 0 aliphatic rings. The van der Waals surface area contributed by atoms with E-state index < -0.39 is 12.7 Å². The summed E-state index contributed by atoms with van der Waals surface area (Å²) in [5.74, 6) is 0.131. The largest absolute Gasteiger partial charge is 0.405 e. The van der Waals surface area contributed by atoms with Crippen LogP contribution in [0.5, 0.6) is 0 Å². The van der Waals surface area contributed by atoms with Crippen LogP contribution in [0.3, 0.4) is 0 Å². The highest BCUT2D eigenvalue weighted by Crippen LogP contribution is 2.19. The van der Waals surface area contributed by atoms with Crippen molar-refractivity contribution in [3.63, 3.8) is 0 Å². The number of anilines is 1. The second-order valence-electron chi connectivity index (χ2n) is 2.96. The van der Waals surface area contributed by atoms with Crippen molar-refractivity contribution in [1.82, 2.24) is 4.98 Å². The summed E-state index contributed by atoms with van der Waals surface area (Å²) >= 11 is 0. The van der Waals surface area contributed by atoms with E-state index in [0.29, 0.717) is 0 Å². The molecule has 0 N–H and O–H groups in total. The maximum atomic E-state index is 12.0. The Hall–Kier alpha value is -1.77. The fourth-order valence-electron chi connectivity index (χ4n) is 1.05. The van der Waals surface area contributed by atoms with E-state index in [9.17, 15) is 13.2 Å². The lowest BCUT2D eigenvalue weighted by Crippen LogP contribution is -2.31. The first-order valence-corrected chi connectivity index (χ1v) is 4.07. The molecule has 0 aromatic carbocycles. The minimum atomic E-state index is -4.28. The molecular weight excluding hydrogens is 207 g/mol. The number of halogens is 3. The van der Waals surface area contributed by atoms with Crippen LogP contribution in [-0.4, -0.2) is 24.8 Å². The van der Waals surface area contributed by atoms with Crippen molar-refractivity contribution < 1.29 is 13.2 Å². The molecule has 80 valence electrons. The summed E-state index contributed by atoms with van der Waals surface area (Å²) in [5, 5.41) is 8.52. The van der Waals surface area contributed by atoms with Gasteiger partial charge in [-0.05, 0) is 12.1 Å². The van der Waals surface area contributed by atoms with Crippen molar-refractivity contribution in [2.45, 2.75) is 6.18 Å². The van der Waals surface area contributed by atoms with Crippen LogP contribution in [0.4, 0.5) is 19.0 Å². The Kier molecular flexibility index (Phi) is 3.14. The van der Waals surface area contributed by atoms with Crippen molar-refractivity contribution in [1.29, 1.82) is 5.26 Å². The molecule has 1 aromatic rings. The van der Waals surface area contributed by atoms with Crippen molar-refractivity contribution in [3.05, 3.63) is 23.9 Å². The average Bonchev–Trinajstić information content (AvgIpc) is 2.15. The van der Waals surface area contributed by atoms with E-state index in [-0.39, 0.29) is 11.5 Å². The summed E-state index contributed by atoms with van der Waals surface area (Å²) in [4.78, 5) is 4.69. The number of hydrogen-bond donors (Lipinski definition) is 0. The first-order valence-electron chi connectivity index (χ1n) is 4.07. The molecule has 0 radical (unpaired) electrons. The minimum Gasteiger partial charge on any atom is -0.351 e. The van der Waals surface area contributed by atoms with Gasteiger partial charge in [-0.25, -0.2) is 4.98 Å².